The Kier molecular flexibility index (Phi) is 8.45. The molecule has 0 aromatic heterocycles. The van der Waals surface area contributed by atoms with Crippen LogP contribution in [0.3, 0.4) is 0 Å². The van der Waals surface area contributed by atoms with Crippen LogP contribution in [0.2, 0.25) is 5.02 Å². The van der Waals surface area contributed by atoms with Gasteiger partial charge in [0.2, 0.25) is 5.91 Å². The SMILES string of the molecule is Cc1ccc(S(=O)(=O)N(CC(=O)NC(C)c2ccc(N3CCC(C)CC3)cc2)c2ccc(Cl)cc2)cc1. The molecule has 196 valence electrons. The Morgan fingerprint density at radius 2 is 1.59 bits per heavy atom. The number of amides is 1. The van der Waals surface area contributed by atoms with Gasteiger partial charge in [0.25, 0.3) is 10.0 Å². The molecule has 37 heavy (non-hydrogen) atoms. The van der Waals surface area contributed by atoms with Crippen LogP contribution in [0.15, 0.2) is 77.7 Å². The molecule has 1 aliphatic heterocycles. The van der Waals surface area contributed by atoms with Gasteiger partial charge in [-0.05, 0) is 86.7 Å². The van der Waals surface area contributed by atoms with E-state index in [4.69, 9.17) is 11.6 Å². The lowest BCUT2D eigenvalue weighted by molar-refractivity contribution is -0.120. The molecule has 1 amide bonds. The summed E-state index contributed by atoms with van der Waals surface area (Å²) in [6.07, 6.45) is 2.40. The van der Waals surface area contributed by atoms with E-state index in [0.29, 0.717) is 10.7 Å². The van der Waals surface area contributed by atoms with Crippen LogP contribution in [0.25, 0.3) is 0 Å². The van der Waals surface area contributed by atoms with Gasteiger partial charge in [0.1, 0.15) is 6.54 Å². The maximum absolute atomic E-state index is 13.5. The van der Waals surface area contributed by atoms with Gasteiger partial charge < -0.3 is 10.2 Å². The van der Waals surface area contributed by atoms with Crippen molar-refractivity contribution < 1.29 is 13.2 Å². The zero-order valence-electron chi connectivity index (χ0n) is 21.5. The number of nitrogens with zero attached hydrogens (tertiary/aromatic N) is 2. The Labute approximate surface area is 225 Å². The highest BCUT2D eigenvalue weighted by Gasteiger charge is 2.28. The van der Waals surface area contributed by atoms with Gasteiger partial charge in [-0.2, -0.15) is 0 Å². The fourth-order valence-electron chi connectivity index (χ4n) is 4.50. The molecule has 1 saturated heterocycles. The molecular formula is C29H34ClN3O3S. The molecule has 1 heterocycles. The second-order valence-corrected chi connectivity index (χ2v) is 12.2. The number of nitrogens with one attached hydrogen (secondary N) is 1. The number of piperidine rings is 1. The zero-order valence-corrected chi connectivity index (χ0v) is 23.1. The first-order chi connectivity index (χ1) is 17.6. The van der Waals surface area contributed by atoms with Crippen LogP contribution in [0.1, 0.15) is 43.9 Å². The molecule has 0 bridgehead atoms. The van der Waals surface area contributed by atoms with Crippen molar-refractivity contribution in [3.05, 3.63) is 88.9 Å². The van der Waals surface area contributed by atoms with E-state index in [0.717, 1.165) is 34.4 Å². The van der Waals surface area contributed by atoms with E-state index in [1.54, 1.807) is 48.5 Å². The Morgan fingerprint density at radius 3 is 2.19 bits per heavy atom. The third-order valence-corrected chi connectivity index (χ3v) is 8.97. The van der Waals surface area contributed by atoms with Crippen LogP contribution in [0, 0.1) is 12.8 Å². The van der Waals surface area contributed by atoms with Crippen molar-refractivity contribution in [2.45, 2.75) is 44.6 Å². The monoisotopic (exact) mass is 539 g/mol. The van der Waals surface area contributed by atoms with Crippen molar-refractivity contribution >= 4 is 38.9 Å². The number of sulfonamides is 1. The first-order valence-electron chi connectivity index (χ1n) is 12.6. The topological polar surface area (TPSA) is 69.7 Å². The Balaban J connectivity index is 1.48. The van der Waals surface area contributed by atoms with Crippen molar-refractivity contribution in [2.75, 3.05) is 28.8 Å². The minimum atomic E-state index is -3.98. The molecule has 1 unspecified atom stereocenters. The molecule has 3 aromatic rings. The molecule has 1 fully saturated rings. The molecule has 0 aliphatic carbocycles. The van der Waals surface area contributed by atoms with Gasteiger partial charge in [0.15, 0.2) is 0 Å². The molecule has 1 aliphatic rings. The summed E-state index contributed by atoms with van der Waals surface area (Å²) in [6.45, 7) is 7.85. The average Bonchev–Trinajstić information content (AvgIpc) is 2.88. The summed E-state index contributed by atoms with van der Waals surface area (Å²) in [6, 6.07) is 21.0. The summed E-state index contributed by atoms with van der Waals surface area (Å²) >= 11 is 6.02. The predicted octanol–water partition coefficient (Wildman–Crippen LogP) is 5.96. The predicted molar refractivity (Wildman–Crippen MR) is 151 cm³/mol. The van der Waals surface area contributed by atoms with Crippen LogP contribution < -0.4 is 14.5 Å². The van der Waals surface area contributed by atoms with E-state index in [2.05, 4.69) is 29.3 Å². The standard InChI is InChI=1S/C29H34ClN3O3S/c1-21-4-14-28(15-5-21)37(35,36)33(27-12-8-25(30)9-13-27)20-29(34)31-23(3)24-6-10-26(11-7-24)32-18-16-22(2)17-19-32/h4-15,22-23H,16-20H2,1-3H3,(H,31,34). The number of anilines is 2. The van der Waals surface area contributed by atoms with Crippen LogP contribution in [0.4, 0.5) is 11.4 Å². The fourth-order valence-corrected chi connectivity index (χ4v) is 6.05. The molecule has 6 nitrogen and oxygen atoms in total. The molecule has 0 radical (unpaired) electrons. The van der Waals surface area contributed by atoms with E-state index in [1.165, 1.54) is 18.5 Å². The summed E-state index contributed by atoms with van der Waals surface area (Å²) in [5.74, 6) is 0.375. The lowest BCUT2D eigenvalue weighted by atomic mass is 9.98. The minimum Gasteiger partial charge on any atom is -0.372 e. The van der Waals surface area contributed by atoms with Crippen molar-refractivity contribution in [2.24, 2.45) is 5.92 Å². The van der Waals surface area contributed by atoms with Crippen molar-refractivity contribution in [3.8, 4) is 0 Å². The summed E-state index contributed by atoms with van der Waals surface area (Å²) in [7, 11) is -3.98. The average molecular weight is 540 g/mol. The van der Waals surface area contributed by atoms with Gasteiger partial charge in [-0.25, -0.2) is 8.42 Å². The van der Waals surface area contributed by atoms with Gasteiger partial charge in [-0.15, -0.1) is 0 Å². The van der Waals surface area contributed by atoms with Gasteiger partial charge in [-0.1, -0.05) is 48.4 Å². The number of benzene rings is 3. The molecule has 3 aromatic carbocycles. The van der Waals surface area contributed by atoms with Gasteiger partial charge in [0, 0.05) is 23.8 Å². The van der Waals surface area contributed by atoms with Crippen LogP contribution in [0.5, 0.6) is 0 Å². The van der Waals surface area contributed by atoms with Gasteiger partial charge >= 0.3 is 0 Å². The van der Waals surface area contributed by atoms with Crippen molar-refractivity contribution in [3.63, 3.8) is 0 Å². The number of aryl methyl sites for hydroxylation is 1. The molecule has 8 heteroatoms. The highest BCUT2D eigenvalue weighted by Crippen LogP contribution is 2.27. The van der Waals surface area contributed by atoms with Crippen LogP contribution in [-0.4, -0.2) is 34.0 Å². The molecule has 0 spiro atoms. The molecular weight excluding hydrogens is 506 g/mol. The minimum absolute atomic E-state index is 0.122. The second kappa shape index (κ2) is 11.6. The van der Waals surface area contributed by atoms with Crippen molar-refractivity contribution in [1.82, 2.24) is 5.32 Å². The molecule has 1 atom stereocenters. The number of halogens is 1. The van der Waals surface area contributed by atoms with E-state index in [-0.39, 0.29) is 17.5 Å². The third-order valence-electron chi connectivity index (χ3n) is 6.93. The Bertz CT molecular complexity index is 1300. The Morgan fingerprint density at radius 1 is 1.00 bits per heavy atom. The first kappa shape index (κ1) is 27.0. The van der Waals surface area contributed by atoms with Crippen molar-refractivity contribution in [1.29, 1.82) is 0 Å². The van der Waals surface area contributed by atoms with Crippen LogP contribution >= 0.6 is 11.6 Å². The summed E-state index contributed by atoms with van der Waals surface area (Å²) in [5.41, 5.74) is 3.46. The maximum atomic E-state index is 13.5. The number of hydrogen-bond donors (Lipinski definition) is 1. The highest BCUT2D eigenvalue weighted by atomic mass is 35.5. The quantitative estimate of drug-likeness (QED) is 0.383. The normalized spacial score (nSPS) is 15.3. The summed E-state index contributed by atoms with van der Waals surface area (Å²) in [5, 5.41) is 3.44. The first-order valence-corrected chi connectivity index (χ1v) is 14.4. The maximum Gasteiger partial charge on any atom is 0.264 e. The zero-order chi connectivity index (χ0) is 26.6. The number of carbonyl (C=O) groups excluding carboxylic acids is 1. The summed E-state index contributed by atoms with van der Waals surface area (Å²) in [4.78, 5) is 15.6. The molecule has 0 saturated carbocycles. The van der Waals surface area contributed by atoms with E-state index < -0.39 is 15.9 Å². The number of carbonyl (C=O) groups is 1. The van der Waals surface area contributed by atoms with E-state index in [9.17, 15) is 13.2 Å². The van der Waals surface area contributed by atoms with Crippen LogP contribution in [-0.2, 0) is 14.8 Å². The fraction of sp³-hybridized carbons (Fsp3) is 0.345. The number of hydrogen-bond acceptors (Lipinski definition) is 4. The molecule has 4 rings (SSSR count). The number of rotatable bonds is 8. The summed E-state index contributed by atoms with van der Waals surface area (Å²) < 4.78 is 28.2. The van der Waals surface area contributed by atoms with Gasteiger partial charge in [0.05, 0.1) is 16.6 Å². The molecule has 1 N–H and O–H groups in total. The van der Waals surface area contributed by atoms with E-state index >= 15 is 0 Å². The van der Waals surface area contributed by atoms with Gasteiger partial charge in [-0.3, -0.25) is 9.10 Å². The largest absolute Gasteiger partial charge is 0.372 e. The Hall–Kier alpha value is -3.03. The second-order valence-electron chi connectivity index (χ2n) is 9.85. The smallest absolute Gasteiger partial charge is 0.264 e. The lowest BCUT2D eigenvalue weighted by Gasteiger charge is -2.32. The lowest BCUT2D eigenvalue weighted by Crippen LogP contribution is -2.41. The third kappa shape index (κ3) is 6.65. The highest BCUT2D eigenvalue weighted by molar-refractivity contribution is 7.92. The van der Waals surface area contributed by atoms with E-state index in [1.807, 2.05) is 26.0 Å².